The number of alkyl halides is 2. The summed E-state index contributed by atoms with van der Waals surface area (Å²) in [4.78, 5) is -0.324. The van der Waals surface area contributed by atoms with Crippen molar-refractivity contribution in [3.8, 4) is 6.07 Å². The SMILES string of the molecule is CS(=O)(=O)c1c(Cl)cc([C@H]2CC[C@H](F)c3cc(F)cc(C#N)c32)c2c1[C@H](O)[C@H](F)C2. The van der Waals surface area contributed by atoms with Crippen molar-refractivity contribution in [2.75, 3.05) is 6.26 Å². The summed E-state index contributed by atoms with van der Waals surface area (Å²) in [5.74, 6) is -1.34. The minimum absolute atomic E-state index is 0.0373. The minimum atomic E-state index is -3.87. The van der Waals surface area contributed by atoms with Gasteiger partial charge in [-0.05, 0) is 53.3 Å². The van der Waals surface area contributed by atoms with Crippen molar-refractivity contribution in [3.63, 3.8) is 0 Å². The highest BCUT2D eigenvalue weighted by atomic mass is 35.5. The lowest BCUT2D eigenvalue weighted by Gasteiger charge is -2.31. The molecule has 0 saturated carbocycles. The Labute approximate surface area is 176 Å². The zero-order valence-electron chi connectivity index (χ0n) is 15.8. The number of benzene rings is 2. The molecule has 2 aromatic carbocycles. The van der Waals surface area contributed by atoms with Crippen LogP contribution in [0.4, 0.5) is 13.2 Å². The number of aliphatic hydroxyl groups excluding tert-OH is 1. The number of hydrogen-bond donors (Lipinski definition) is 1. The van der Waals surface area contributed by atoms with E-state index in [1.807, 2.05) is 6.07 Å². The largest absolute Gasteiger partial charge is 0.385 e. The fourth-order valence-electron chi connectivity index (χ4n) is 4.73. The first-order valence-electron chi connectivity index (χ1n) is 9.29. The number of nitrogens with zero attached hydrogens (tertiary/aromatic N) is 1. The van der Waals surface area contributed by atoms with Gasteiger partial charge in [0.05, 0.1) is 21.6 Å². The van der Waals surface area contributed by atoms with Crippen LogP contribution in [0.15, 0.2) is 23.1 Å². The van der Waals surface area contributed by atoms with E-state index in [1.54, 1.807) is 0 Å². The van der Waals surface area contributed by atoms with Crippen molar-refractivity contribution in [2.45, 2.75) is 48.5 Å². The monoisotopic (exact) mass is 455 g/mol. The van der Waals surface area contributed by atoms with Crippen LogP contribution in [0.3, 0.4) is 0 Å². The molecule has 2 aliphatic carbocycles. The van der Waals surface area contributed by atoms with E-state index in [9.17, 15) is 32.0 Å². The summed E-state index contributed by atoms with van der Waals surface area (Å²) in [6, 6.07) is 5.35. The van der Waals surface area contributed by atoms with Gasteiger partial charge in [-0.1, -0.05) is 11.6 Å². The predicted octanol–water partition coefficient (Wildman–Crippen LogP) is 4.62. The Hall–Kier alpha value is -2.08. The van der Waals surface area contributed by atoms with Gasteiger partial charge in [-0.15, -0.1) is 0 Å². The fraction of sp³-hybridized carbons (Fsp3) is 0.381. The lowest BCUT2D eigenvalue weighted by atomic mass is 9.74. The molecule has 1 N–H and O–H groups in total. The summed E-state index contributed by atoms with van der Waals surface area (Å²) in [7, 11) is -3.87. The molecule has 0 aromatic heterocycles. The van der Waals surface area contributed by atoms with Gasteiger partial charge in [0.1, 0.15) is 24.3 Å². The Morgan fingerprint density at radius 2 is 1.87 bits per heavy atom. The molecule has 0 amide bonds. The first-order chi connectivity index (χ1) is 14.0. The normalized spacial score (nSPS) is 25.5. The van der Waals surface area contributed by atoms with Crippen molar-refractivity contribution in [1.82, 2.24) is 0 Å². The molecule has 0 fully saturated rings. The van der Waals surface area contributed by atoms with Crippen LogP contribution in [-0.4, -0.2) is 26.0 Å². The molecule has 0 aliphatic heterocycles. The second-order valence-electron chi connectivity index (χ2n) is 7.77. The van der Waals surface area contributed by atoms with E-state index in [4.69, 9.17) is 11.6 Å². The zero-order valence-corrected chi connectivity index (χ0v) is 17.4. The number of sulfone groups is 1. The molecule has 0 radical (unpaired) electrons. The van der Waals surface area contributed by atoms with Crippen LogP contribution in [0.25, 0.3) is 0 Å². The molecule has 30 heavy (non-hydrogen) atoms. The van der Waals surface area contributed by atoms with E-state index in [-0.39, 0.29) is 45.9 Å². The van der Waals surface area contributed by atoms with E-state index in [0.29, 0.717) is 16.7 Å². The maximum Gasteiger partial charge on any atom is 0.177 e. The highest BCUT2D eigenvalue weighted by Gasteiger charge is 2.41. The topological polar surface area (TPSA) is 78.2 Å². The molecular weight excluding hydrogens is 439 g/mol. The average Bonchev–Trinajstić information content (AvgIpc) is 2.95. The van der Waals surface area contributed by atoms with Crippen LogP contribution < -0.4 is 0 Å². The molecule has 4 nitrogen and oxygen atoms in total. The van der Waals surface area contributed by atoms with Gasteiger partial charge in [-0.25, -0.2) is 21.6 Å². The number of rotatable bonds is 2. The number of halogens is 4. The van der Waals surface area contributed by atoms with Crippen LogP contribution in [0.1, 0.15) is 64.4 Å². The summed E-state index contributed by atoms with van der Waals surface area (Å²) in [5, 5.41) is 19.7. The quantitative estimate of drug-likeness (QED) is 0.716. The van der Waals surface area contributed by atoms with Crippen molar-refractivity contribution in [3.05, 3.63) is 62.4 Å². The zero-order chi connectivity index (χ0) is 22.0. The Bertz CT molecular complexity index is 1210. The smallest absolute Gasteiger partial charge is 0.177 e. The highest BCUT2D eigenvalue weighted by molar-refractivity contribution is 7.90. The third-order valence-corrected chi connectivity index (χ3v) is 7.48. The summed E-state index contributed by atoms with van der Waals surface area (Å²) < 4.78 is 67.5. The number of fused-ring (bicyclic) bond motifs is 2. The second-order valence-corrected chi connectivity index (χ2v) is 10.1. The van der Waals surface area contributed by atoms with Gasteiger partial charge in [0.25, 0.3) is 0 Å². The van der Waals surface area contributed by atoms with E-state index in [1.165, 1.54) is 6.07 Å². The number of hydrogen-bond acceptors (Lipinski definition) is 4. The molecule has 4 atom stereocenters. The Balaban J connectivity index is 2.03. The average molecular weight is 456 g/mol. The highest BCUT2D eigenvalue weighted by Crippen LogP contribution is 2.50. The lowest BCUT2D eigenvalue weighted by molar-refractivity contribution is 0.0907. The Morgan fingerprint density at radius 3 is 2.50 bits per heavy atom. The van der Waals surface area contributed by atoms with Crippen molar-refractivity contribution in [2.24, 2.45) is 0 Å². The molecule has 4 rings (SSSR count). The second kappa shape index (κ2) is 7.26. The molecular formula is C21H17ClF3NO3S. The van der Waals surface area contributed by atoms with E-state index in [2.05, 4.69) is 0 Å². The first kappa shape index (κ1) is 21.2. The standard InChI is InChI=1S/C21H17ClF3NO3S/c1-30(28,29)21-15(22)6-12(13-7-17(25)20(27)19(13)21)11-2-3-16(24)14-5-10(23)4-9(8-26)18(11)14/h4-6,11,16-17,20,27H,2-3,7H2,1H3/t11-,16+,17-,20-/m1/s1. The van der Waals surface area contributed by atoms with Gasteiger partial charge in [0, 0.05) is 24.2 Å². The van der Waals surface area contributed by atoms with Gasteiger partial charge >= 0.3 is 0 Å². The van der Waals surface area contributed by atoms with Gasteiger partial charge in [0.2, 0.25) is 0 Å². The number of nitriles is 1. The van der Waals surface area contributed by atoms with Crippen molar-refractivity contribution < 1.29 is 26.7 Å². The van der Waals surface area contributed by atoms with Gasteiger partial charge < -0.3 is 5.11 Å². The molecule has 0 heterocycles. The van der Waals surface area contributed by atoms with Gasteiger partial charge in [-0.2, -0.15) is 5.26 Å². The van der Waals surface area contributed by atoms with E-state index < -0.39 is 40.0 Å². The molecule has 0 spiro atoms. The van der Waals surface area contributed by atoms with Crippen LogP contribution in [0, 0.1) is 17.1 Å². The van der Waals surface area contributed by atoms with E-state index >= 15 is 0 Å². The van der Waals surface area contributed by atoms with Crippen molar-refractivity contribution >= 4 is 21.4 Å². The minimum Gasteiger partial charge on any atom is -0.385 e. The maximum absolute atomic E-state index is 14.6. The summed E-state index contributed by atoms with van der Waals surface area (Å²) in [5.41, 5.74) is 0.941. The molecule has 0 saturated heterocycles. The van der Waals surface area contributed by atoms with Crippen LogP contribution in [0.5, 0.6) is 0 Å². The fourth-order valence-corrected chi connectivity index (χ4v) is 6.43. The summed E-state index contributed by atoms with van der Waals surface area (Å²) in [6.45, 7) is 0. The number of aliphatic hydroxyl groups is 1. The van der Waals surface area contributed by atoms with Crippen molar-refractivity contribution in [1.29, 1.82) is 5.26 Å². The molecule has 9 heteroatoms. The molecule has 0 bridgehead atoms. The third-order valence-electron chi connectivity index (χ3n) is 5.89. The Morgan fingerprint density at radius 1 is 1.17 bits per heavy atom. The summed E-state index contributed by atoms with van der Waals surface area (Å²) in [6.07, 6.45) is -3.87. The van der Waals surface area contributed by atoms with E-state index in [0.717, 1.165) is 18.4 Å². The maximum atomic E-state index is 14.6. The lowest BCUT2D eigenvalue weighted by Crippen LogP contribution is -2.18. The van der Waals surface area contributed by atoms with Crippen LogP contribution >= 0.6 is 11.6 Å². The van der Waals surface area contributed by atoms with Crippen LogP contribution in [0.2, 0.25) is 5.02 Å². The first-order valence-corrected chi connectivity index (χ1v) is 11.6. The Kier molecular flexibility index (Phi) is 5.12. The molecule has 158 valence electrons. The van der Waals surface area contributed by atoms with Gasteiger partial charge in [-0.3, -0.25) is 0 Å². The summed E-state index contributed by atoms with van der Waals surface area (Å²) >= 11 is 6.27. The molecule has 0 unspecified atom stereocenters. The van der Waals surface area contributed by atoms with Gasteiger partial charge in [0.15, 0.2) is 9.84 Å². The molecule has 2 aliphatic rings. The molecule has 2 aromatic rings. The third kappa shape index (κ3) is 3.20. The predicted molar refractivity (Wildman–Crippen MR) is 104 cm³/mol. The van der Waals surface area contributed by atoms with Crippen LogP contribution in [-0.2, 0) is 16.3 Å².